The zero-order chi connectivity index (χ0) is 22.9. The van der Waals surface area contributed by atoms with E-state index in [0.717, 1.165) is 39.8 Å². The van der Waals surface area contributed by atoms with Crippen LogP contribution >= 0.6 is 0 Å². The average molecular weight is 437 g/mol. The van der Waals surface area contributed by atoms with Crippen molar-refractivity contribution in [3.8, 4) is 44.5 Å². The molecule has 0 aromatic heterocycles. The van der Waals surface area contributed by atoms with Crippen molar-refractivity contribution in [3.63, 3.8) is 0 Å². The third-order valence-corrected chi connectivity index (χ3v) is 6.73. The predicted octanol–water partition coefficient (Wildman–Crippen LogP) is 8.48. The number of benzene rings is 5. The Balaban J connectivity index is 1.86. The Hall–Kier alpha value is -4.23. The highest BCUT2D eigenvalue weighted by Gasteiger charge is 2.33. The SMILES string of the molecule is O=C1CCc2c1c(-c1ccccc1)c(-c1ccccc1)c(-c1ccccc1)c2-c1ccccc1. The maximum absolute atomic E-state index is 13.5. The van der Waals surface area contributed by atoms with E-state index in [0.29, 0.717) is 6.42 Å². The number of hydrogen-bond acceptors (Lipinski definition) is 1. The smallest absolute Gasteiger partial charge is 0.164 e. The lowest BCUT2D eigenvalue weighted by Crippen LogP contribution is -2.04. The van der Waals surface area contributed by atoms with Crippen LogP contribution in [-0.2, 0) is 6.42 Å². The summed E-state index contributed by atoms with van der Waals surface area (Å²) in [5.41, 5.74) is 11.2. The van der Waals surface area contributed by atoms with Crippen molar-refractivity contribution in [2.45, 2.75) is 12.8 Å². The van der Waals surface area contributed by atoms with Crippen LogP contribution in [0.5, 0.6) is 0 Å². The van der Waals surface area contributed by atoms with Gasteiger partial charge in [0, 0.05) is 17.5 Å². The topological polar surface area (TPSA) is 17.1 Å². The van der Waals surface area contributed by atoms with Gasteiger partial charge in [-0.1, -0.05) is 121 Å². The van der Waals surface area contributed by atoms with Gasteiger partial charge in [-0.3, -0.25) is 4.79 Å². The molecule has 34 heavy (non-hydrogen) atoms. The molecule has 0 aliphatic heterocycles. The Kier molecular flexibility index (Phi) is 5.16. The van der Waals surface area contributed by atoms with Crippen LogP contribution in [0.15, 0.2) is 121 Å². The highest BCUT2D eigenvalue weighted by atomic mass is 16.1. The predicted molar refractivity (Wildman–Crippen MR) is 141 cm³/mol. The molecule has 0 fully saturated rings. The van der Waals surface area contributed by atoms with E-state index in [9.17, 15) is 4.79 Å². The molecule has 0 heterocycles. The lowest BCUT2D eigenvalue weighted by molar-refractivity contribution is 0.0995. The Bertz CT molecular complexity index is 1470. The molecule has 162 valence electrons. The normalized spacial score (nSPS) is 12.5. The van der Waals surface area contributed by atoms with E-state index in [1.165, 1.54) is 22.3 Å². The van der Waals surface area contributed by atoms with Gasteiger partial charge in [-0.05, 0) is 50.9 Å². The summed E-state index contributed by atoms with van der Waals surface area (Å²) in [6.45, 7) is 0. The Morgan fingerprint density at radius 1 is 0.353 bits per heavy atom. The van der Waals surface area contributed by atoms with Gasteiger partial charge in [0.2, 0.25) is 0 Å². The Morgan fingerprint density at radius 2 is 0.676 bits per heavy atom. The monoisotopic (exact) mass is 436 g/mol. The lowest BCUT2D eigenvalue weighted by atomic mass is 9.78. The molecule has 0 radical (unpaired) electrons. The van der Waals surface area contributed by atoms with Crippen LogP contribution in [0.2, 0.25) is 0 Å². The summed E-state index contributed by atoms with van der Waals surface area (Å²) in [6.07, 6.45) is 1.33. The van der Waals surface area contributed by atoms with Gasteiger partial charge in [-0.25, -0.2) is 0 Å². The number of carbonyl (C=O) groups is 1. The summed E-state index contributed by atoms with van der Waals surface area (Å²) in [5, 5.41) is 0. The summed E-state index contributed by atoms with van der Waals surface area (Å²) in [5.74, 6) is 0.239. The molecule has 0 spiro atoms. The molecule has 0 bridgehead atoms. The molecule has 0 unspecified atom stereocenters. The fraction of sp³-hybridized carbons (Fsp3) is 0.0606. The van der Waals surface area contributed by atoms with Crippen molar-refractivity contribution in [3.05, 3.63) is 132 Å². The molecule has 1 nitrogen and oxygen atoms in total. The van der Waals surface area contributed by atoms with E-state index < -0.39 is 0 Å². The second kappa shape index (κ2) is 8.61. The first-order chi connectivity index (χ1) is 16.8. The van der Waals surface area contributed by atoms with Crippen LogP contribution in [-0.4, -0.2) is 5.78 Å². The standard InChI is InChI=1S/C33H24O/c34-28-22-21-27-29(23-13-5-1-6-14-23)30(24-15-7-2-8-16-24)31(25-17-9-3-10-18-25)32(33(27)28)26-19-11-4-12-20-26/h1-20H,21-22H2. The fourth-order valence-electron chi connectivity index (χ4n) is 5.33. The van der Waals surface area contributed by atoms with E-state index >= 15 is 0 Å². The van der Waals surface area contributed by atoms with Crippen LogP contribution in [0.3, 0.4) is 0 Å². The summed E-state index contributed by atoms with van der Waals surface area (Å²) < 4.78 is 0. The lowest BCUT2D eigenvalue weighted by Gasteiger charge is -2.25. The first-order valence-corrected chi connectivity index (χ1v) is 11.8. The van der Waals surface area contributed by atoms with Crippen molar-refractivity contribution in [1.29, 1.82) is 0 Å². The van der Waals surface area contributed by atoms with Crippen LogP contribution in [0.4, 0.5) is 0 Å². The third-order valence-electron chi connectivity index (χ3n) is 6.73. The molecule has 1 heteroatoms. The number of rotatable bonds is 4. The summed E-state index contributed by atoms with van der Waals surface area (Å²) in [6, 6.07) is 42.1. The zero-order valence-corrected chi connectivity index (χ0v) is 18.9. The minimum Gasteiger partial charge on any atom is -0.294 e. The number of carbonyl (C=O) groups excluding carboxylic acids is 1. The Morgan fingerprint density at radius 3 is 1.09 bits per heavy atom. The van der Waals surface area contributed by atoms with Gasteiger partial charge < -0.3 is 0 Å². The molecule has 0 atom stereocenters. The largest absolute Gasteiger partial charge is 0.294 e. The van der Waals surface area contributed by atoms with E-state index in [2.05, 4.69) is 103 Å². The molecule has 6 rings (SSSR count). The fourth-order valence-corrected chi connectivity index (χ4v) is 5.33. The van der Waals surface area contributed by atoms with E-state index in [-0.39, 0.29) is 5.78 Å². The second-order valence-corrected chi connectivity index (χ2v) is 8.74. The quantitative estimate of drug-likeness (QED) is 0.276. The first kappa shape index (κ1) is 20.4. The van der Waals surface area contributed by atoms with Crippen molar-refractivity contribution in [2.24, 2.45) is 0 Å². The van der Waals surface area contributed by atoms with Gasteiger partial charge in [0.15, 0.2) is 5.78 Å². The van der Waals surface area contributed by atoms with Crippen molar-refractivity contribution in [2.75, 3.05) is 0 Å². The van der Waals surface area contributed by atoms with Crippen LogP contribution in [0.25, 0.3) is 44.5 Å². The number of fused-ring (bicyclic) bond motifs is 1. The first-order valence-electron chi connectivity index (χ1n) is 11.8. The average Bonchev–Trinajstić information content (AvgIpc) is 3.30. The third kappa shape index (κ3) is 3.38. The minimum absolute atomic E-state index is 0.239. The summed E-state index contributed by atoms with van der Waals surface area (Å²) in [7, 11) is 0. The maximum Gasteiger partial charge on any atom is 0.164 e. The highest BCUT2D eigenvalue weighted by Crippen LogP contribution is 2.51. The molecule has 0 N–H and O–H groups in total. The van der Waals surface area contributed by atoms with Crippen molar-refractivity contribution >= 4 is 5.78 Å². The van der Waals surface area contributed by atoms with E-state index in [4.69, 9.17) is 0 Å². The summed E-state index contributed by atoms with van der Waals surface area (Å²) >= 11 is 0. The van der Waals surface area contributed by atoms with Crippen molar-refractivity contribution < 1.29 is 4.79 Å². The van der Waals surface area contributed by atoms with Gasteiger partial charge in [0.25, 0.3) is 0 Å². The van der Waals surface area contributed by atoms with E-state index in [1.54, 1.807) is 0 Å². The molecule has 0 amide bonds. The number of Topliss-reactive ketones (excluding diaryl/α,β-unsaturated/α-hetero) is 1. The van der Waals surface area contributed by atoms with Gasteiger partial charge in [0.05, 0.1) is 0 Å². The number of ketones is 1. The maximum atomic E-state index is 13.5. The second-order valence-electron chi connectivity index (χ2n) is 8.74. The van der Waals surface area contributed by atoms with Crippen LogP contribution in [0.1, 0.15) is 22.3 Å². The summed E-state index contributed by atoms with van der Waals surface area (Å²) in [4.78, 5) is 13.5. The van der Waals surface area contributed by atoms with Gasteiger partial charge >= 0.3 is 0 Å². The van der Waals surface area contributed by atoms with E-state index in [1.807, 2.05) is 18.2 Å². The Labute approximate surface area is 200 Å². The van der Waals surface area contributed by atoms with Crippen LogP contribution < -0.4 is 0 Å². The molecule has 0 saturated heterocycles. The van der Waals surface area contributed by atoms with Crippen molar-refractivity contribution in [1.82, 2.24) is 0 Å². The molecule has 1 aliphatic rings. The van der Waals surface area contributed by atoms with Gasteiger partial charge in [-0.15, -0.1) is 0 Å². The molecule has 5 aromatic rings. The molecule has 1 aliphatic carbocycles. The minimum atomic E-state index is 0.239. The van der Waals surface area contributed by atoms with Crippen LogP contribution in [0, 0.1) is 0 Å². The zero-order valence-electron chi connectivity index (χ0n) is 18.9. The molecular weight excluding hydrogens is 412 g/mol. The van der Waals surface area contributed by atoms with Gasteiger partial charge in [0.1, 0.15) is 0 Å². The van der Waals surface area contributed by atoms with Gasteiger partial charge in [-0.2, -0.15) is 0 Å². The highest BCUT2D eigenvalue weighted by molar-refractivity contribution is 6.16. The number of hydrogen-bond donors (Lipinski definition) is 0. The molecular formula is C33H24O. The molecule has 5 aromatic carbocycles. The molecule has 0 saturated carbocycles.